The van der Waals surface area contributed by atoms with Gasteiger partial charge in [0.05, 0.1) is 41.5 Å². The van der Waals surface area contributed by atoms with Crippen molar-refractivity contribution in [2.75, 3.05) is 0 Å². The maximum absolute atomic E-state index is 12.1. The van der Waals surface area contributed by atoms with Crippen molar-refractivity contribution in [3.63, 3.8) is 0 Å². The van der Waals surface area contributed by atoms with E-state index >= 15 is 0 Å². The van der Waals surface area contributed by atoms with Gasteiger partial charge in [0.15, 0.2) is 0 Å². The third-order valence-corrected chi connectivity index (χ3v) is 4.29. The van der Waals surface area contributed by atoms with Crippen molar-refractivity contribution in [1.29, 1.82) is 10.5 Å². The molecule has 0 spiro atoms. The molecule has 1 aliphatic rings. The van der Waals surface area contributed by atoms with Crippen LogP contribution < -0.4 is 0 Å². The molecule has 0 aliphatic carbocycles. The minimum Gasteiger partial charge on any atom is -0.465 e. The maximum Gasteiger partial charge on any atom is 0.334 e. The summed E-state index contributed by atoms with van der Waals surface area (Å²) < 4.78 is 17.2. The Morgan fingerprint density at radius 2 is 1.59 bits per heavy atom. The van der Waals surface area contributed by atoms with Crippen LogP contribution in [0.5, 0.6) is 0 Å². The molecule has 1 aliphatic heterocycles. The van der Waals surface area contributed by atoms with Crippen molar-refractivity contribution >= 4 is 5.97 Å². The Bertz CT molecular complexity index is 912. The second kappa shape index (κ2) is 9.05. The summed E-state index contributed by atoms with van der Waals surface area (Å²) in [6, 6.07) is 18.2. The summed E-state index contributed by atoms with van der Waals surface area (Å²) in [5.41, 5.74) is 2.68. The van der Waals surface area contributed by atoms with Gasteiger partial charge in [-0.2, -0.15) is 10.5 Å². The fourth-order valence-corrected chi connectivity index (χ4v) is 2.91. The van der Waals surface area contributed by atoms with E-state index in [0.717, 1.165) is 11.1 Å². The highest BCUT2D eigenvalue weighted by molar-refractivity contribution is 5.82. The molecule has 1 fully saturated rings. The first-order valence-corrected chi connectivity index (χ1v) is 9.22. The number of carbonyl (C=O) groups excluding carboxylic acids is 1. The summed E-state index contributed by atoms with van der Waals surface area (Å²) >= 11 is 0. The highest BCUT2D eigenvalue weighted by Gasteiger charge is 2.30. The molecule has 0 bridgehead atoms. The first kappa shape index (κ1) is 20.1. The molecule has 0 amide bonds. The van der Waals surface area contributed by atoms with E-state index in [1.54, 1.807) is 50.2 Å². The molecule has 1 saturated heterocycles. The van der Waals surface area contributed by atoms with Crippen LogP contribution in [0.25, 0.3) is 0 Å². The van der Waals surface area contributed by atoms with Gasteiger partial charge in [-0.3, -0.25) is 0 Å². The number of nitrogens with zero attached hydrogens (tertiary/aromatic N) is 2. The van der Waals surface area contributed by atoms with Crippen LogP contribution in [-0.4, -0.2) is 12.1 Å². The first-order valence-electron chi connectivity index (χ1n) is 9.22. The van der Waals surface area contributed by atoms with Gasteiger partial charge in [0.25, 0.3) is 0 Å². The third kappa shape index (κ3) is 5.22. The Hall–Kier alpha value is -3.61. The SMILES string of the molecule is CC(C)OC(=O)/C=C1\C[C@@H](c2ccc(C#N)cc2)O[C@@H](c2ccc(C#N)cc2)O1. The Morgan fingerprint density at radius 1 is 1.03 bits per heavy atom. The summed E-state index contributed by atoms with van der Waals surface area (Å²) in [7, 11) is 0. The summed E-state index contributed by atoms with van der Waals surface area (Å²) in [5.74, 6) is -0.0281. The minimum atomic E-state index is -0.741. The van der Waals surface area contributed by atoms with E-state index in [0.29, 0.717) is 23.3 Å². The van der Waals surface area contributed by atoms with Crippen LogP contribution in [0.2, 0.25) is 0 Å². The van der Waals surface area contributed by atoms with Crippen molar-refractivity contribution in [3.8, 4) is 12.1 Å². The van der Waals surface area contributed by atoms with Crippen LogP contribution in [0.4, 0.5) is 0 Å². The summed E-state index contributed by atoms with van der Waals surface area (Å²) in [4.78, 5) is 12.1. The number of benzene rings is 2. The van der Waals surface area contributed by atoms with Gasteiger partial charge in [-0.25, -0.2) is 4.79 Å². The molecule has 146 valence electrons. The molecule has 2 atom stereocenters. The van der Waals surface area contributed by atoms with Crippen LogP contribution in [0.15, 0.2) is 60.4 Å². The molecule has 2 aromatic carbocycles. The van der Waals surface area contributed by atoms with Gasteiger partial charge < -0.3 is 14.2 Å². The normalized spacial score (nSPS) is 19.8. The summed E-state index contributed by atoms with van der Waals surface area (Å²) in [5, 5.41) is 18.0. The lowest BCUT2D eigenvalue weighted by molar-refractivity contribution is -0.191. The molecule has 2 aromatic rings. The smallest absolute Gasteiger partial charge is 0.334 e. The van der Waals surface area contributed by atoms with Gasteiger partial charge in [0.1, 0.15) is 5.76 Å². The quantitative estimate of drug-likeness (QED) is 0.568. The number of rotatable bonds is 4. The molecule has 0 N–H and O–H groups in total. The monoisotopic (exact) mass is 388 g/mol. The number of esters is 1. The fourth-order valence-electron chi connectivity index (χ4n) is 2.91. The van der Waals surface area contributed by atoms with Gasteiger partial charge in [-0.1, -0.05) is 24.3 Å². The average molecular weight is 388 g/mol. The van der Waals surface area contributed by atoms with Crippen LogP contribution >= 0.6 is 0 Å². The van der Waals surface area contributed by atoms with Crippen molar-refractivity contribution < 1.29 is 19.0 Å². The molecule has 6 heteroatoms. The van der Waals surface area contributed by atoms with Crippen LogP contribution in [0.3, 0.4) is 0 Å². The largest absolute Gasteiger partial charge is 0.465 e. The van der Waals surface area contributed by atoms with Crippen molar-refractivity contribution in [2.45, 2.75) is 38.8 Å². The highest BCUT2D eigenvalue weighted by Crippen LogP contribution is 2.39. The number of ether oxygens (including phenoxy) is 3. The Kier molecular flexibility index (Phi) is 6.29. The van der Waals surface area contributed by atoms with E-state index in [1.807, 2.05) is 12.1 Å². The Balaban J connectivity index is 1.89. The lowest BCUT2D eigenvalue weighted by Crippen LogP contribution is -2.21. The molecule has 6 nitrogen and oxygen atoms in total. The Morgan fingerprint density at radius 3 is 2.10 bits per heavy atom. The molecular formula is C23H20N2O4. The molecule has 0 unspecified atom stereocenters. The molecule has 29 heavy (non-hydrogen) atoms. The third-order valence-electron chi connectivity index (χ3n) is 4.29. The van der Waals surface area contributed by atoms with Gasteiger partial charge in [-0.15, -0.1) is 0 Å². The number of hydrogen-bond acceptors (Lipinski definition) is 6. The van der Waals surface area contributed by atoms with Crippen LogP contribution in [0, 0.1) is 22.7 Å². The minimum absolute atomic E-state index is 0.233. The molecule has 0 radical (unpaired) electrons. The summed E-state index contributed by atoms with van der Waals surface area (Å²) in [6.07, 6.45) is 0.357. The predicted molar refractivity (Wildman–Crippen MR) is 104 cm³/mol. The van der Waals surface area contributed by atoms with E-state index in [4.69, 9.17) is 24.7 Å². The Labute approximate surface area is 169 Å². The zero-order valence-electron chi connectivity index (χ0n) is 16.2. The van der Waals surface area contributed by atoms with Crippen LogP contribution in [-0.2, 0) is 19.0 Å². The average Bonchev–Trinajstić information content (AvgIpc) is 2.73. The van der Waals surface area contributed by atoms with E-state index in [2.05, 4.69) is 12.1 Å². The zero-order chi connectivity index (χ0) is 20.8. The van der Waals surface area contributed by atoms with Gasteiger partial charge in [-0.05, 0) is 43.7 Å². The van der Waals surface area contributed by atoms with E-state index in [-0.39, 0.29) is 12.2 Å². The highest BCUT2D eigenvalue weighted by atomic mass is 16.7. The van der Waals surface area contributed by atoms with Crippen LogP contribution in [0.1, 0.15) is 54.9 Å². The van der Waals surface area contributed by atoms with Gasteiger partial charge >= 0.3 is 5.97 Å². The molecule has 0 aromatic heterocycles. The molecular weight excluding hydrogens is 368 g/mol. The lowest BCUT2D eigenvalue weighted by Gasteiger charge is -2.33. The van der Waals surface area contributed by atoms with Crippen molar-refractivity contribution in [3.05, 3.63) is 82.6 Å². The topological polar surface area (TPSA) is 92.3 Å². The maximum atomic E-state index is 12.1. The standard InChI is InChI=1S/C23H20N2O4/c1-15(2)27-22(26)12-20-11-21(18-7-3-16(13-24)4-8-18)29-23(28-20)19-9-5-17(14-25)6-10-19/h3-10,12,15,21,23H,11H2,1-2H3/b20-12+/t21-,23-/m0/s1. The molecule has 1 heterocycles. The second-order valence-corrected chi connectivity index (χ2v) is 6.84. The van der Waals surface area contributed by atoms with Gasteiger partial charge in [0.2, 0.25) is 6.29 Å². The van der Waals surface area contributed by atoms with Gasteiger partial charge in [0, 0.05) is 12.0 Å². The van der Waals surface area contributed by atoms with Crippen molar-refractivity contribution in [1.82, 2.24) is 0 Å². The lowest BCUT2D eigenvalue weighted by atomic mass is 10.0. The number of nitriles is 2. The van der Waals surface area contributed by atoms with E-state index in [1.165, 1.54) is 6.08 Å². The van der Waals surface area contributed by atoms with E-state index in [9.17, 15) is 4.79 Å². The first-order chi connectivity index (χ1) is 14.0. The predicted octanol–water partition coefficient (Wildman–Crippen LogP) is 4.44. The molecule has 3 rings (SSSR count). The number of hydrogen-bond donors (Lipinski definition) is 0. The fraction of sp³-hybridized carbons (Fsp3) is 0.261. The molecule has 0 saturated carbocycles. The summed E-state index contributed by atoms with van der Waals surface area (Å²) in [6.45, 7) is 3.56. The van der Waals surface area contributed by atoms with Crippen molar-refractivity contribution in [2.24, 2.45) is 0 Å². The zero-order valence-corrected chi connectivity index (χ0v) is 16.2. The van der Waals surface area contributed by atoms with E-state index < -0.39 is 12.3 Å². The second-order valence-electron chi connectivity index (χ2n) is 6.84. The number of carbonyl (C=O) groups is 1.